The van der Waals surface area contributed by atoms with Crippen molar-refractivity contribution >= 4 is 21.9 Å². The zero-order valence-corrected chi connectivity index (χ0v) is 15.9. The van der Waals surface area contributed by atoms with Crippen LogP contribution in [-0.4, -0.2) is 82.5 Å². The predicted molar refractivity (Wildman–Crippen MR) is 105 cm³/mol. The summed E-state index contributed by atoms with van der Waals surface area (Å²) in [6.07, 6.45) is 5.60. The Morgan fingerprint density at radius 2 is 1.88 bits per heavy atom. The van der Waals surface area contributed by atoms with E-state index in [1.54, 1.807) is 7.05 Å². The molecule has 1 aliphatic heterocycles. The molecule has 0 aliphatic carbocycles. The molecule has 1 saturated heterocycles. The van der Waals surface area contributed by atoms with Gasteiger partial charge in [0.05, 0.1) is 5.75 Å². The SMILES string of the molecule is CN=C(NCCS(C)(=O)=O)N1CCN(CC=Cc2ccccc2)CC1. The largest absolute Gasteiger partial charge is 0.355 e. The first kappa shape index (κ1) is 19.5. The highest BCUT2D eigenvalue weighted by molar-refractivity contribution is 7.90. The van der Waals surface area contributed by atoms with Gasteiger partial charge in [-0.15, -0.1) is 0 Å². The van der Waals surface area contributed by atoms with Crippen LogP contribution in [0.1, 0.15) is 5.56 Å². The van der Waals surface area contributed by atoms with E-state index >= 15 is 0 Å². The highest BCUT2D eigenvalue weighted by Crippen LogP contribution is 2.05. The maximum atomic E-state index is 11.2. The van der Waals surface area contributed by atoms with E-state index in [0.717, 1.165) is 38.7 Å². The van der Waals surface area contributed by atoms with E-state index in [1.807, 2.05) is 18.2 Å². The molecule has 138 valence electrons. The third kappa shape index (κ3) is 7.27. The molecule has 0 amide bonds. The van der Waals surface area contributed by atoms with E-state index in [4.69, 9.17) is 0 Å². The van der Waals surface area contributed by atoms with Crippen molar-refractivity contribution in [1.82, 2.24) is 15.1 Å². The Bertz CT molecular complexity index is 678. The molecule has 6 nitrogen and oxygen atoms in total. The van der Waals surface area contributed by atoms with Gasteiger partial charge in [-0.3, -0.25) is 9.89 Å². The number of aliphatic imine (C=N–C) groups is 1. The maximum absolute atomic E-state index is 11.2. The molecule has 0 unspecified atom stereocenters. The number of guanidine groups is 1. The van der Waals surface area contributed by atoms with E-state index in [1.165, 1.54) is 11.8 Å². The molecule has 7 heteroatoms. The van der Waals surface area contributed by atoms with Crippen molar-refractivity contribution < 1.29 is 8.42 Å². The molecule has 0 radical (unpaired) electrons. The van der Waals surface area contributed by atoms with Gasteiger partial charge in [-0.25, -0.2) is 8.42 Å². The minimum absolute atomic E-state index is 0.121. The van der Waals surface area contributed by atoms with Gasteiger partial charge in [-0.1, -0.05) is 42.5 Å². The molecule has 1 fully saturated rings. The van der Waals surface area contributed by atoms with Gasteiger partial charge in [-0.05, 0) is 5.56 Å². The van der Waals surface area contributed by atoms with Gasteiger partial charge >= 0.3 is 0 Å². The molecule has 0 aromatic heterocycles. The lowest BCUT2D eigenvalue weighted by Gasteiger charge is -2.36. The summed E-state index contributed by atoms with van der Waals surface area (Å²) in [6.45, 7) is 5.03. The van der Waals surface area contributed by atoms with Gasteiger partial charge in [0.15, 0.2) is 5.96 Å². The number of rotatable bonds is 6. The summed E-state index contributed by atoms with van der Waals surface area (Å²) >= 11 is 0. The lowest BCUT2D eigenvalue weighted by Crippen LogP contribution is -2.52. The lowest BCUT2D eigenvalue weighted by atomic mass is 10.2. The fourth-order valence-corrected chi connectivity index (χ4v) is 3.20. The second-order valence-electron chi connectivity index (χ2n) is 6.20. The molecule has 2 rings (SSSR count). The van der Waals surface area contributed by atoms with Gasteiger partial charge in [0, 0.05) is 52.6 Å². The van der Waals surface area contributed by atoms with Crippen LogP contribution in [-0.2, 0) is 9.84 Å². The van der Waals surface area contributed by atoms with Crippen LogP contribution in [0.4, 0.5) is 0 Å². The number of hydrogen-bond donors (Lipinski definition) is 1. The van der Waals surface area contributed by atoms with E-state index in [9.17, 15) is 8.42 Å². The van der Waals surface area contributed by atoms with Gasteiger partial charge in [0.2, 0.25) is 0 Å². The number of benzene rings is 1. The van der Waals surface area contributed by atoms with Crippen molar-refractivity contribution in [3.8, 4) is 0 Å². The Morgan fingerprint density at radius 1 is 1.20 bits per heavy atom. The van der Waals surface area contributed by atoms with Gasteiger partial charge in [0.1, 0.15) is 9.84 Å². The summed E-state index contributed by atoms with van der Waals surface area (Å²) in [5.41, 5.74) is 1.22. The van der Waals surface area contributed by atoms with Crippen molar-refractivity contribution in [2.45, 2.75) is 0 Å². The Kier molecular flexibility index (Phi) is 7.46. The predicted octanol–water partition coefficient (Wildman–Crippen LogP) is 0.937. The number of piperazine rings is 1. The Balaban J connectivity index is 1.73. The van der Waals surface area contributed by atoms with E-state index in [0.29, 0.717) is 6.54 Å². The quantitative estimate of drug-likeness (QED) is 0.601. The zero-order chi connectivity index (χ0) is 18.1. The second kappa shape index (κ2) is 9.58. The fraction of sp³-hybridized carbons (Fsp3) is 0.500. The van der Waals surface area contributed by atoms with Crippen molar-refractivity contribution in [3.05, 3.63) is 42.0 Å². The molecule has 0 bridgehead atoms. The number of nitrogens with zero attached hydrogens (tertiary/aromatic N) is 3. The van der Waals surface area contributed by atoms with Crippen LogP contribution in [0, 0.1) is 0 Å². The van der Waals surface area contributed by atoms with Gasteiger partial charge in [0.25, 0.3) is 0 Å². The van der Waals surface area contributed by atoms with Crippen LogP contribution in [0.15, 0.2) is 41.4 Å². The molecular formula is C18H28N4O2S. The molecule has 1 heterocycles. The zero-order valence-electron chi connectivity index (χ0n) is 15.1. The van der Waals surface area contributed by atoms with Crippen LogP contribution in [0.25, 0.3) is 6.08 Å². The molecule has 0 atom stereocenters. The van der Waals surface area contributed by atoms with Crippen LogP contribution >= 0.6 is 0 Å². The van der Waals surface area contributed by atoms with Crippen LogP contribution < -0.4 is 5.32 Å². The van der Waals surface area contributed by atoms with Crippen molar-refractivity contribution in [3.63, 3.8) is 0 Å². The molecule has 1 aliphatic rings. The molecule has 1 N–H and O–H groups in total. The smallest absolute Gasteiger partial charge is 0.193 e. The molecule has 1 aromatic rings. The topological polar surface area (TPSA) is 65.0 Å². The van der Waals surface area contributed by atoms with Crippen LogP contribution in [0.3, 0.4) is 0 Å². The average Bonchev–Trinajstić information content (AvgIpc) is 2.60. The third-order valence-corrected chi connectivity index (χ3v) is 5.06. The van der Waals surface area contributed by atoms with Crippen molar-refractivity contribution in [1.29, 1.82) is 0 Å². The summed E-state index contributed by atoms with van der Waals surface area (Å²) < 4.78 is 22.4. The summed E-state index contributed by atoms with van der Waals surface area (Å²) in [4.78, 5) is 8.85. The Morgan fingerprint density at radius 3 is 2.48 bits per heavy atom. The minimum atomic E-state index is -2.95. The average molecular weight is 365 g/mol. The molecule has 1 aromatic carbocycles. The molecular weight excluding hydrogens is 336 g/mol. The van der Waals surface area contributed by atoms with E-state index in [-0.39, 0.29) is 5.75 Å². The summed E-state index contributed by atoms with van der Waals surface area (Å²) in [6, 6.07) is 10.3. The standard InChI is InChI=1S/C18H28N4O2S/c1-19-18(20-10-16-25(2,23)24)22-14-12-21(13-15-22)11-6-9-17-7-4-3-5-8-17/h3-9H,10-16H2,1-2H3,(H,19,20). The first-order valence-electron chi connectivity index (χ1n) is 8.55. The molecule has 0 saturated carbocycles. The van der Waals surface area contributed by atoms with Crippen LogP contribution in [0.5, 0.6) is 0 Å². The normalized spacial score (nSPS) is 17.2. The third-order valence-electron chi connectivity index (χ3n) is 4.11. The summed E-state index contributed by atoms with van der Waals surface area (Å²) in [7, 11) is -1.22. The lowest BCUT2D eigenvalue weighted by molar-refractivity contribution is 0.194. The van der Waals surface area contributed by atoms with E-state index in [2.05, 4.69) is 44.4 Å². The van der Waals surface area contributed by atoms with E-state index < -0.39 is 9.84 Å². The highest BCUT2D eigenvalue weighted by atomic mass is 32.2. The summed E-state index contributed by atoms with van der Waals surface area (Å²) in [5.74, 6) is 0.902. The highest BCUT2D eigenvalue weighted by Gasteiger charge is 2.18. The molecule has 0 spiro atoms. The van der Waals surface area contributed by atoms with Gasteiger partial charge < -0.3 is 10.2 Å². The number of sulfone groups is 1. The first-order valence-corrected chi connectivity index (χ1v) is 10.6. The Hall–Kier alpha value is -1.86. The number of nitrogens with one attached hydrogen (secondary N) is 1. The van der Waals surface area contributed by atoms with Crippen molar-refractivity contribution in [2.24, 2.45) is 4.99 Å². The minimum Gasteiger partial charge on any atom is -0.355 e. The van der Waals surface area contributed by atoms with Crippen LogP contribution in [0.2, 0.25) is 0 Å². The second-order valence-corrected chi connectivity index (χ2v) is 8.46. The fourth-order valence-electron chi connectivity index (χ4n) is 2.72. The Labute approximate surface area is 151 Å². The van der Waals surface area contributed by atoms with Gasteiger partial charge in [-0.2, -0.15) is 0 Å². The number of hydrogen-bond acceptors (Lipinski definition) is 4. The summed E-state index contributed by atoms with van der Waals surface area (Å²) in [5, 5.41) is 3.14. The molecule has 25 heavy (non-hydrogen) atoms. The monoisotopic (exact) mass is 364 g/mol. The maximum Gasteiger partial charge on any atom is 0.193 e. The first-order chi connectivity index (χ1) is 12.0. The van der Waals surface area contributed by atoms with Crippen molar-refractivity contribution in [2.75, 3.05) is 58.3 Å².